The van der Waals surface area contributed by atoms with Gasteiger partial charge in [0.2, 0.25) is 5.91 Å². The minimum Gasteiger partial charge on any atom is -0.486 e. The Morgan fingerprint density at radius 1 is 1.18 bits per heavy atom. The third-order valence-corrected chi connectivity index (χ3v) is 5.60. The van der Waals surface area contributed by atoms with Crippen molar-refractivity contribution in [3.05, 3.63) is 53.5 Å². The molecule has 0 saturated carbocycles. The molecule has 2 aliphatic rings. The van der Waals surface area contributed by atoms with E-state index >= 15 is 0 Å². The monoisotopic (exact) mass is 382 g/mol. The molecule has 6 nitrogen and oxygen atoms in total. The summed E-state index contributed by atoms with van der Waals surface area (Å²) in [5.41, 5.74) is 1.71. The van der Waals surface area contributed by atoms with Crippen molar-refractivity contribution in [2.45, 2.75) is 45.3 Å². The van der Waals surface area contributed by atoms with Gasteiger partial charge < -0.3 is 19.0 Å². The van der Waals surface area contributed by atoms with E-state index in [4.69, 9.17) is 9.15 Å². The summed E-state index contributed by atoms with van der Waals surface area (Å²) in [6.07, 6.45) is 4.96. The van der Waals surface area contributed by atoms with Gasteiger partial charge in [-0.15, -0.1) is 0 Å². The molecule has 1 aromatic carbocycles. The second-order valence-electron chi connectivity index (χ2n) is 7.60. The molecule has 0 unspecified atom stereocenters. The maximum absolute atomic E-state index is 13.1. The molecule has 0 radical (unpaired) electrons. The maximum Gasteiger partial charge on any atom is 0.257 e. The molecule has 2 fully saturated rings. The van der Waals surface area contributed by atoms with Crippen LogP contribution in [0, 0.1) is 6.92 Å². The highest BCUT2D eigenvalue weighted by molar-refractivity contribution is 5.95. The van der Waals surface area contributed by atoms with E-state index in [1.165, 1.54) is 6.26 Å². The summed E-state index contributed by atoms with van der Waals surface area (Å²) in [4.78, 5) is 29.0. The van der Waals surface area contributed by atoms with Crippen molar-refractivity contribution in [1.82, 2.24) is 9.80 Å². The van der Waals surface area contributed by atoms with E-state index in [0.717, 1.165) is 37.1 Å². The van der Waals surface area contributed by atoms with E-state index < -0.39 is 0 Å². The Bertz CT molecular complexity index is 842. The number of hydrogen-bond donors (Lipinski definition) is 0. The first-order valence-corrected chi connectivity index (χ1v) is 9.96. The highest BCUT2D eigenvalue weighted by atomic mass is 16.5. The molecule has 2 aliphatic heterocycles. The number of benzene rings is 1. The van der Waals surface area contributed by atoms with Gasteiger partial charge in [-0.25, -0.2) is 0 Å². The number of likely N-dealkylation sites (tertiary alicyclic amines) is 2. The summed E-state index contributed by atoms with van der Waals surface area (Å²) in [7, 11) is 0. The minimum atomic E-state index is -0.0485. The molecule has 148 valence electrons. The summed E-state index contributed by atoms with van der Waals surface area (Å²) in [6.45, 7) is 4.34. The third kappa shape index (κ3) is 3.91. The Kier molecular flexibility index (Phi) is 5.37. The van der Waals surface area contributed by atoms with Gasteiger partial charge in [-0.2, -0.15) is 0 Å². The Balaban J connectivity index is 1.41. The van der Waals surface area contributed by atoms with Gasteiger partial charge in [-0.3, -0.25) is 9.59 Å². The molecule has 2 amide bonds. The Morgan fingerprint density at radius 2 is 2.00 bits per heavy atom. The maximum atomic E-state index is 13.1. The molecule has 0 N–H and O–H groups in total. The van der Waals surface area contributed by atoms with Crippen LogP contribution >= 0.6 is 0 Å². The summed E-state index contributed by atoms with van der Waals surface area (Å²) in [5, 5.41) is 0. The largest absolute Gasteiger partial charge is 0.486 e. The Hall–Kier alpha value is -2.76. The van der Waals surface area contributed by atoms with E-state index in [9.17, 15) is 9.59 Å². The molecule has 28 heavy (non-hydrogen) atoms. The van der Waals surface area contributed by atoms with E-state index in [0.29, 0.717) is 30.8 Å². The van der Waals surface area contributed by atoms with Gasteiger partial charge in [0.25, 0.3) is 5.91 Å². The lowest BCUT2D eigenvalue weighted by atomic mass is 10.0. The molecule has 2 aromatic rings. The molecule has 4 rings (SSSR count). The van der Waals surface area contributed by atoms with Gasteiger partial charge in [0.1, 0.15) is 12.4 Å². The van der Waals surface area contributed by atoms with Crippen LogP contribution < -0.4 is 4.74 Å². The summed E-state index contributed by atoms with van der Waals surface area (Å²) in [5.74, 6) is 1.44. The average molecular weight is 382 g/mol. The normalized spacial score (nSPS) is 19.9. The summed E-state index contributed by atoms with van der Waals surface area (Å²) in [6, 6.07) is 9.62. The first-order chi connectivity index (χ1) is 13.6. The number of ether oxygens (including phenoxy) is 1. The van der Waals surface area contributed by atoms with Gasteiger partial charge in [0.05, 0.1) is 11.8 Å². The zero-order chi connectivity index (χ0) is 19.5. The number of furan rings is 1. The standard InChI is InChI=1S/C22H26N2O4/c1-16-6-8-18(9-7-16)28-15-20-19(10-13-27-20)22(26)23-11-2-4-17(14-23)24-12-3-5-21(24)25/h6-10,13,17H,2-5,11-12,14-15H2,1H3/t17-/m0/s1. The van der Waals surface area contributed by atoms with E-state index in [1.54, 1.807) is 6.07 Å². The van der Waals surface area contributed by atoms with Crippen LogP contribution in [0.4, 0.5) is 0 Å². The molecular formula is C22H26N2O4. The first-order valence-electron chi connectivity index (χ1n) is 9.96. The van der Waals surface area contributed by atoms with E-state index in [-0.39, 0.29) is 24.5 Å². The van der Waals surface area contributed by atoms with Crippen molar-refractivity contribution in [1.29, 1.82) is 0 Å². The van der Waals surface area contributed by atoms with Crippen LogP contribution in [0.15, 0.2) is 41.0 Å². The number of aryl methyl sites for hydroxylation is 1. The van der Waals surface area contributed by atoms with Crippen molar-refractivity contribution < 1.29 is 18.7 Å². The van der Waals surface area contributed by atoms with Crippen molar-refractivity contribution >= 4 is 11.8 Å². The summed E-state index contributed by atoms with van der Waals surface area (Å²) < 4.78 is 11.3. The second-order valence-corrected chi connectivity index (χ2v) is 7.60. The van der Waals surface area contributed by atoms with Gasteiger partial charge in [0, 0.05) is 32.1 Å². The number of hydrogen-bond acceptors (Lipinski definition) is 4. The smallest absolute Gasteiger partial charge is 0.257 e. The Morgan fingerprint density at radius 3 is 2.75 bits per heavy atom. The van der Waals surface area contributed by atoms with Crippen molar-refractivity contribution in [2.24, 2.45) is 0 Å². The Labute approximate surface area is 165 Å². The lowest BCUT2D eigenvalue weighted by molar-refractivity contribution is -0.130. The van der Waals surface area contributed by atoms with Crippen LogP contribution in [0.25, 0.3) is 0 Å². The van der Waals surface area contributed by atoms with Crippen molar-refractivity contribution in [2.75, 3.05) is 19.6 Å². The van der Waals surface area contributed by atoms with Crippen molar-refractivity contribution in [3.8, 4) is 5.75 Å². The quantitative estimate of drug-likeness (QED) is 0.795. The van der Waals surface area contributed by atoms with Crippen LogP contribution in [0.3, 0.4) is 0 Å². The molecule has 0 spiro atoms. The van der Waals surface area contributed by atoms with Crippen molar-refractivity contribution in [3.63, 3.8) is 0 Å². The van der Waals surface area contributed by atoms with Gasteiger partial charge in [0.15, 0.2) is 5.76 Å². The topological polar surface area (TPSA) is 63.0 Å². The van der Waals surface area contributed by atoms with Gasteiger partial charge >= 0.3 is 0 Å². The molecule has 3 heterocycles. The van der Waals surface area contributed by atoms with Crippen LogP contribution in [0.5, 0.6) is 5.75 Å². The molecular weight excluding hydrogens is 356 g/mol. The molecule has 1 aromatic heterocycles. The van der Waals surface area contributed by atoms with E-state index in [1.807, 2.05) is 41.0 Å². The zero-order valence-corrected chi connectivity index (χ0v) is 16.2. The predicted molar refractivity (Wildman–Crippen MR) is 104 cm³/mol. The second kappa shape index (κ2) is 8.09. The molecule has 0 aliphatic carbocycles. The van der Waals surface area contributed by atoms with Crippen LogP contribution in [-0.2, 0) is 11.4 Å². The molecule has 1 atom stereocenters. The minimum absolute atomic E-state index is 0.0485. The molecule has 0 bridgehead atoms. The third-order valence-electron chi connectivity index (χ3n) is 5.60. The van der Waals surface area contributed by atoms with Crippen LogP contribution in [0.2, 0.25) is 0 Å². The van der Waals surface area contributed by atoms with E-state index in [2.05, 4.69) is 0 Å². The number of carbonyl (C=O) groups excluding carboxylic acids is 2. The molecule has 6 heteroatoms. The lowest BCUT2D eigenvalue weighted by Crippen LogP contribution is -2.50. The first kappa shape index (κ1) is 18.6. The van der Waals surface area contributed by atoms with Crippen LogP contribution in [-0.4, -0.2) is 47.3 Å². The van der Waals surface area contributed by atoms with Gasteiger partial charge in [-0.1, -0.05) is 17.7 Å². The average Bonchev–Trinajstić information content (AvgIpc) is 3.36. The predicted octanol–water partition coefficient (Wildman–Crippen LogP) is 3.39. The number of carbonyl (C=O) groups is 2. The summed E-state index contributed by atoms with van der Waals surface area (Å²) >= 11 is 0. The number of nitrogens with zero attached hydrogens (tertiary/aromatic N) is 2. The van der Waals surface area contributed by atoms with Crippen LogP contribution in [0.1, 0.15) is 47.4 Å². The fourth-order valence-electron chi connectivity index (χ4n) is 4.05. The number of rotatable bonds is 5. The number of amides is 2. The SMILES string of the molecule is Cc1ccc(OCc2occc2C(=O)N2CCC[C@H](N3CCCC3=O)C2)cc1. The fraction of sp³-hybridized carbons (Fsp3) is 0.455. The lowest BCUT2D eigenvalue weighted by Gasteiger charge is -2.37. The zero-order valence-electron chi connectivity index (χ0n) is 16.2. The fourth-order valence-corrected chi connectivity index (χ4v) is 4.05. The number of piperidine rings is 1. The highest BCUT2D eigenvalue weighted by Crippen LogP contribution is 2.24. The van der Waals surface area contributed by atoms with Gasteiger partial charge in [-0.05, 0) is 44.4 Å². The molecule has 2 saturated heterocycles. The highest BCUT2D eigenvalue weighted by Gasteiger charge is 2.33.